The van der Waals surface area contributed by atoms with Gasteiger partial charge < -0.3 is 5.32 Å². The van der Waals surface area contributed by atoms with E-state index in [0.29, 0.717) is 6.04 Å². The Morgan fingerprint density at radius 1 is 1.50 bits per heavy atom. The molecular formula is C13H22N2S. The standard InChI is InChI=1S/C13H22N2S/c1-14-12(8-13-9-15-10-16-13)7-6-11-4-2-3-5-11/h9-12,14H,2-8H2,1H3. The minimum Gasteiger partial charge on any atom is -0.317 e. The summed E-state index contributed by atoms with van der Waals surface area (Å²) in [5, 5.41) is 3.44. The first-order valence-electron chi connectivity index (χ1n) is 6.43. The van der Waals surface area contributed by atoms with Crippen LogP contribution in [0.4, 0.5) is 0 Å². The van der Waals surface area contributed by atoms with Gasteiger partial charge >= 0.3 is 0 Å². The molecule has 16 heavy (non-hydrogen) atoms. The summed E-state index contributed by atoms with van der Waals surface area (Å²) in [6.07, 6.45) is 11.7. The normalized spacial score (nSPS) is 19.1. The lowest BCUT2D eigenvalue weighted by atomic mass is 9.97. The second-order valence-corrected chi connectivity index (χ2v) is 5.86. The van der Waals surface area contributed by atoms with Gasteiger partial charge in [-0.1, -0.05) is 25.7 Å². The minimum absolute atomic E-state index is 0.640. The number of hydrogen-bond donors (Lipinski definition) is 1. The van der Waals surface area contributed by atoms with Crippen molar-refractivity contribution in [2.24, 2.45) is 5.92 Å². The van der Waals surface area contributed by atoms with Gasteiger partial charge in [0.05, 0.1) is 5.51 Å². The second-order valence-electron chi connectivity index (χ2n) is 4.89. The molecule has 1 fully saturated rings. The summed E-state index contributed by atoms with van der Waals surface area (Å²) < 4.78 is 0. The molecule has 1 aromatic heterocycles. The number of aromatic nitrogens is 1. The molecule has 0 amide bonds. The predicted molar refractivity (Wildman–Crippen MR) is 69.9 cm³/mol. The maximum absolute atomic E-state index is 4.14. The molecule has 1 aromatic rings. The van der Waals surface area contributed by atoms with E-state index in [1.54, 1.807) is 11.3 Å². The smallest absolute Gasteiger partial charge is 0.0794 e. The highest BCUT2D eigenvalue weighted by molar-refractivity contribution is 7.09. The Kier molecular flexibility index (Phi) is 4.79. The molecule has 0 bridgehead atoms. The fourth-order valence-corrected chi connectivity index (χ4v) is 3.35. The molecule has 1 aliphatic rings. The van der Waals surface area contributed by atoms with Crippen molar-refractivity contribution in [3.63, 3.8) is 0 Å². The molecule has 0 spiro atoms. The van der Waals surface area contributed by atoms with Gasteiger partial charge in [-0.05, 0) is 32.2 Å². The first kappa shape index (κ1) is 12.1. The number of nitrogens with one attached hydrogen (secondary N) is 1. The fourth-order valence-electron chi connectivity index (χ4n) is 2.67. The van der Waals surface area contributed by atoms with E-state index in [4.69, 9.17) is 0 Å². The van der Waals surface area contributed by atoms with Gasteiger partial charge in [-0.15, -0.1) is 11.3 Å². The zero-order valence-electron chi connectivity index (χ0n) is 10.1. The molecule has 0 radical (unpaired) electrons. The van der Waals surface area contributed by atoms with Gasteiger partial charge in [-0.25, -0.2) is 0 Å². The van der Waals surface area contributed by atoms with Gasteiger partial charge in [0.2, 0.25) is 0 Å². The van der Waals surface area contributed by atoms with E-state index in [9.17, 15) is 0 Å². The van der Waals surface area contributed by atoms with Crippen LogP contribution >= 0.6 is 11.3 Å². The first-order chi connectivity index (χ1) is 7.88. The maximum Gasteiger partial charge on any atom is 0.0794 e. The monoisotopic (exact) mass is 238 g/mol. The fraction of sp³-hybridized carbons (Fsp3) is 0.769. The zero-order valence-corrected chi connectivity index (χ0v) is 10.9. The van der Waals surface area contributed by atoms with Gasteiger partial charge in [0.15, 0.2) is 0 Å². The molecule has 2 nitrogen and oxygen atoms in total. The third-order valence-electron chi connectivity index (χ3n) is 3.74. The predicted octanol–water partition coefficient (Wildman–Crippen LogP) is 3.24. The van der Waals surface area contributed by atoms with Crippen LogP contribution < -0.4 is 5.32 Å². The van der Waals surface area contributed by atoms with Crippen LogP contribution in [0.3, 0.4) is 0 Å². The van der Waals surface area contributed by atoms with E-state index in [-0.39, 0.29) is 0 Å². The molecule has 1 aliphatic carbocycles. The number of thiazole rings is 1. The summed E-state index contributed by atoms with van der Waals surface area (Å²) in [7, 11) is 2.08. The van der Waals surface area contributed by atoms with E-state index in [1.807, 2.05) is 11.7 Å². The Hall–Kier alpha value is -0.410. The van der Waals surface area contributed by atoms with Crippen molar-refractivity contribution in [3.8, 4) is 0 Å². The van der Waals surface area contributed by atoms with Crippen LogP contribution in [0.25, 0.3) is 0 Å². The highest BCUT2D eigenvalue weighted by atomic mass is 32.1. The Bertz CT molecular complexity index is 278. The van der Waals surface area contributed by atoms with E-state index in [1.165, 1.54) is 43.4 Å². The molecule has 1 heterocycles. The second kappa shape index (κ2) is 6.36. The van der Waals surface area contributed by atoms with Crippen LogP contribution in [-0.2, 0) is 6.42 Å². The van der Waals surface area contributed by atoms with E-state index < -0.39 is 0 Å². The Labute approximate surface area is 102 Å². The molecule has 0 aliphatic heterocycles. The molecule has 1 atom stereocenters. The average Bonchev–Trinajstić information content (AvgIpc) is 2.97. The minimum atomic E-state index is 0.640. The highest BCUT2D eigenvalue weighted by Gasteiger charge is 2.17. The van der Waals surface area contributed by atoms with Crippen LogP contribution in [0.2, 0.25) is 0 Å². The quantitative estimate of drug-likeness (QED) is 0.823. The number of nitrogens with zero attached hydrogens (tertiary/aromatic N) is 1. The third-order valence-corrected chi connectivity index (χ3v) is 4.54. The number of likely N-dealkylation sites (N-methyl/N-ethyl adjacent to an activating group) is 1. The molecule has 90 valence electrons. The Morgan fingerprint density at radius 2 is 2.31 bits per heavy atom. The number of hydrogen-bond acceptors (Lipinski definition) is 3. The van der Waals surface area contributed by atoms with Gasteiger partial charge in [0.1, 0.15) is 0 Å². The summed E-state index contributed by atoms with van der Waals surface area (Å²) in [5.41, 5.74) is 1.93. The van der Waals surface area contributed by atoms with E-state index in [0.717, 1.165) is 12.3 Å². The first-order valence-corrected chi connectivity index (χ1v) is 7.31. The topological polar surface area (TPSA) is 24.9 Å². The largest absolute Gasteiger partial charge is 0.317 e. The van der Waals surface area contributed by atoms with Crippen molar-refractivity contribution in [2.45, 2.75) is 51.0 Å². The zero-order chi connectivity index (χ0) is 11.2. The summed E-state index contributed by atoms with van der Waals surface area (Å²) in [5.74, 6) is 1.01. The van der Waals surface area contributed by atoms with Crippen molar-refractivity contribution >= 4 is 11.3 Å². The highest BCUT2D eigenvalue weighted by Crippen LogP contribution is 2.29. The van der Waals surface area contributed by atoms with Crippen LogP contribution in [0, 0.1) is 5.92 Å². The summed E-state index contributed by atoms with van der Waals surface area (Å²) in [6, 6.07) is 0.640. The average molecular weight is 238 g/mol. The van der Waals surface area contributed by atoms with Gasteiger partial charge in [-0.2, -0.15) is 0 Å². The molecule has 2 rings (SSSR count). The van der Waals surface area contributed by atoms with Crippen LogP contribution in [0.5, 0.6) is 0 Å². The lowest BCUT2D eigenvalue weighted by Gasteiger charge is -2.17. The Morgan fingerprint density at radius 3 is 2.94 bits per heavy atom. The van der Waals surface area contributed by atoms with Crippen LogP contribution in [-0.4, -0.2) is 18.1 Å². The number of rotatable bonds is 6. The van der Waals surface area contributed by atoms with E-state index >= 15 is 0 Å². The molecule has 1 saturated carbocycles. The van der Waals surface area contributed by atoms with Gasteiger partial charge in [0.25, 0.3) is 0 Å². The van der Waals surface area contributed by atoms with Crippen LogP contribution in [0.15, 0.2) is 11.7 Å². The van der Waals surface area contributed by atoms with Crippen molar-refractivity contribution < 1.29 is 0 Å². The summed E-state index contributed by atoms with van der Waals surface area (Å²) >= 11 is 1.77. The molecule has 0 aromatic carbocycles. The summed E-state index contributed by atoms with van der Waals surface area (Å²) in [4.78, 5) is 5.55. The molecule has 1 N–H and O–H groups in total. The van der Waals surface area contributed by atoms with Crippen molar-refractivity contribution in [1.82, 2.24) is 10.3 Å². The van der Waals surface area contributed by atoms with E-state index in [2.05, 4.69) is 17.3 Å². The molecule has 3 heteroatoms. The molecule has 1 unspecified atom stereocenters. The Balaban J connectivity index is 1.72. The molecular weight excluding hydrogens is 216 g/mol. The van der Waals surface area contributed by atoms with Crippen LogP contribution in [0.1, 0.15) is 43.4 Å². The van der Waals surface area contributed by atoms with Crippen molar-refractivity contribution in [3.05, 3.63) is 16.6 Å². The lowest BCUT2D eigenvalue weighted by molar-refractivity contribution is 0.419. The summed E-state index contributed by atoms with van der Waals surface area (Å²) in [6.45, 7) is 0. The SMILES string of the molecule is CNC(CCC1CCCC1)Cc1cncs1. The third kappa shape index (κ3) is 3.56. The van der Waals surface area contributed by atoms with Crippen molar-refractivity contribution in [1.29, 1.82) is 0 Å². The maximum atomic E-state index is 4.14. The lowest BCUT2D eigenvalue weighted by Crippen LogP contribution is -2.27. The van der Waals surface area contributed by atoms with Gasteiger partial charge in [-0.3, -0.25) is 4.98 Å². The van der Waals surface area contributed by atoms with Gasteiger partial charge in [0, 0.05) is 17.1 Å². The molecule has 0 saturated heterocycles. The van der Waals surface area contributed by atoms with Crippen molar-refractivity contribution in [2.75, 3.05) is 7.05 Å².